The number of rotatable bonds is 5. The number of fused-ring (bicyclic) bond motifs is 1. The normalized spacial score (nSPS) is 14.0. The fourth-order valence-electron chi connectivity index (χ4n) is 2.11. The van der Waals surface area contributed by atoms with E-state index in [2.05, 4.69) is 41.0 Å². The summed E-state index contributed by atoms with van der Waals surface area (Å²) in [6.45, 7) is -0.143. The van der Waals surface area contributed by atoms with Crippen molar-refractivity contribution >= 4 is 39.6 Å². The third-order valence-electron chi connectivity index (χ3n) is 3.14. The van der Waals surface area contributed by atoms with Gasteiger partial charge in [0.15, 0.2) is 11.5 Å². The van der Waals surface area contributed by atoms with Gasteiger partial charge in [0.2, 0.25) is 0 Å². The molecule has 1 aliphatic heterocycles. The molecule has 7 nitrogen and oxygen atoms in total. The lowest BCUT2D eigenvalue weighted by atomic mass is 10.2. The summed E-state index contributed by atoms with van der Waals surface area (Å²) in [5, 5.41) is 5.27. The van der Waals surface area contributed by atoms with Crippen molar-refractivity contribution in [2.45, 2.75) is 6.29 Å². The fourth-order valence-corrected chi connectivity index (χ4v) is 2.53. The van der Waals surface area contributed by atoms with Crippen LogP contribution in [0.4, 0.5) is 20.3 Å². The van der Waals surface area contributed by atoms with E-state index in [4.69, 9.17) is 0 Å². The molecule has 0 radical (unpaired) electrons. The van der Waals surface area contributed by atoms with Crippen LogP contribution in [0.5, 0.6) is 11.5 Å². The van der Waals surface area contributed by atoms with Crippen molar-refractivity contribution in [3.05, 3.63) is 40.5 Å². The van der Waals surface area contributed by atoms with E-state index in [-0.39, 0.29) is 29.4 Å². The lowest BCUT2D eigenvalue weighted by molar-refractivity contribution is -0.286. The molecule has 2 N–H and O–H groups in total. The molecular weight excluding hydrogens is 404 g/mol. The van der Waals surface area contributed by atoms with Crippen molar-refractivity contribution in [2.75, 3.05) is 11.9 Å². The zero-order chi connectivity index (χ0) is 18.0. The molecule has 1 aromatic heterocycles. The second-order valence-corrected chi connectivity index (χ2v) is 5.70. The first kappa shape index (κ1) is 17.1. The number of aromatic nitrogens is 1. The Bertz CT molecular complexity index is 848. The highest BCUT2D eigenvalue weighted by molar-refractivity contribution is 9.10. The number of ether oxygens (including phenoxy) is 2. The number of anilines is 2. The quantitative estimate of drug-likeness (QED) is 0.732. The zero-order valence-corrected chi connectivity index (χ0v) is 14.0. The standard InChI is InChI=1S/C15H10BrF2N3O4/c16-9-6-11-12(25-15(17,18)24-11)7-10(9)21-13-8(2-1-3-19-13)14(23)20-4-5-22/h1-3,5-7H,4H2,(H,19,21)(H,20,23). The maximum absolute atomic E-state index is 13.1. The lowest BCUT2D eigenvalue weighted by Gasteiger charge is -2.12. The molecule has 25 heavy (non-hydrogen) atoms. The Morgan fingerprint density at radius 3 is 2.76 bits per heavy atom. The van der Waals surface area contributed by atoms with Crippen LogP contribution in [-0.2, 0) is 4.79 Å². The summed E-state index contributed by atoms with van der Waals surface area (Å²) < 4.78 is 35.4. The number of benzene rings is 1. The molecule has 0 saturated heterocycles. The smallest absolute Gasteiger partial charge is 0.395 e. The number of nitrogens with zero attached hydrogens (tertiary/aromatic N) is 1. The van der Waals surface area contributed by atoms with Crippen LogP contribution in [0.15, 0.2) is 34.9 Å². The number of nitrogens with one attached hydrogen (secondary N) is 2. The van der Waals surface area contributed by atoms with Gasteiger partial charge < -0.3 is 24.9 Å². The van der Waals surface area contributed by atoms with Crippen LogP contribution in [0, 0.1) is 0 Å². The number of hydrogen-bond acceptors (Lipinski definition) is 6. The lowest BCUT2D eigenvalue weighted by Crippen LogP contribution is -2.26. The van der Waals surface area contributed by atoms with Crippen LogP contribution in [-0.4, -0.2) is 30.0 Å². The Labute approximate surface area is 148 Å². The molecular formula is C15H10BrF2N3O4. The Kier molecular flexibility index (Phi) is 4.53. The predicted molar refractivity (Wildman–Crippen MR) is 86.3 cm³/mol. The largest absolute Gasteiger partial charge is 0.586 e. The minimum atomic E-state index is -3.73. The molecule has 0 unspecified atom stereocenters. The third kappa shape index (κ3) is 3.68. The fraction of sp³-hybridized carbons (Fsp3) is 0.133. The predicted octanol–water partition coefficient (Wildman–Crippen LogP) is 2.84. The molecule has 1 aromatic carbocycles. The van der Waals surface area contributed by atoms with Crippen molar-refractivity contribution in [3.63, 3.8) is 0 Å². The molecule has 10 heteroatoms. The summed E-state index contributed by atoms with van der Waals surface area (Å²) in [5.74, 6) is -0.602. The summed E-state index contributed by atoms with van der Waals surface area (Å²) in [6, 6.07) is 5.66. The molecule has 0 fully saturated rings. The van der Waals surface area contributed by atoms with Crippen molar-refractivity contribution < 1.29 is 27.8 Å². The number of carbonyl (C=O) groups is 2. The molecule has 2 heterocycles. The molecule has 0 bridgehead atoms. The summed E-state index contributed by atoms with van der Waals surface area (Å²) in [6.07, 6.45) is -1.73. The third-order valence-corrected chi connectivity index (χ3v) is 3.80. The maximum atomic E-state index is 13.1. The van der Waals surface area contributed by atoms with Gasteiger partial charge in [0, 0.05) is 22.8 Å². The Morgan fingerprint density at radius 2 is 2.04 bits per heavy atom. The van der Waals surface area contributed by atoms with Gasteiger partial charge in [-0.25, -0.2) is 4.98 Å². The van der Waals surface area contributed by atoms with E-state index in [1.54, 1.807) is 6.07 Å². The number of alkyl halides is 2. The minimum absolute atomic E-state index is 0.118. The molecule has 0 spiro atoms. The van der Waals surface area contributed by atoms with Crippen LogP contribution in [0.1, 0.15) is 10.4 Å². The maximum Gasteiger partial charge on any atom is 0.586 e. The average Bonchev–Trinajstić information content (AvgIpc) is 2.86. The van der Waals surface area contributed by atoms with Crippen molar-refractivity contribution in [3.8, 4) is 11.5 Å². The highest BCUT2D eigenvalue weighted by Gasteiger charge is 2.43. The van der Waals surface area contributed by atoms with Gasteiger partial charge in [-0.1, -0.05) is 0 Å². The molecule has 2 aromatic rings. The number of hydrogen-bond donors (Lipinski definition) is 2. The number of pyridine rings is 1. The van der Waals surface area contributed by atoms with Crippen LogP contribution in [0.2, 0.25) is 0 Å². The van der Waals surface area contributed by atoms with Crippen molar-refractivity contribution in [1.82, 2.24) is 10.3 Å². The summed E-state index contributed by atoms with van der Waals surface area (Å²) in [5.41, 5.74) is 0.516. The number of carbonyl (C=O) groups excluding carboxylic acids is 2. The van der Waals surface area contributed by atoms with Crippen LogP contribution < -0.4 is 20.1 Å². The van der Waals surface area contributed by atoms with E-state index in [0.29, 0.717) is 16.4 Å². The van der Waals surface area contributed by atoms with E-state index in [1.165, 1.54) is 24.4 Å². The van der Waals surface area contributed by atoms with Gasteiger partial charge in [-0.05, 0) is 28.1 Å². The van der Waals surface area contributed by atoms with Crippen LogP contribution in [0.25, 0.3) is 0 Å². The number of amides is 1. The summed E-state index contributed by atoms with van der Waals surface area (Å²) in [7, 11) is 0. The van der Waals surface area contributed by atoms with E-state index in [1.807, 2.05) is 0 Å². The monoisotopic (exact) mass is 413 g/mol. The Hall–Kier alpha value is -2.75. The molecule has 1 amide bonds. The van der Waals surface area contributed by atoms with Gasteiger partial charge in [-0.15, -0.1) is 8.78 Å². The molecule has 0 aliphatic carbocycles. The first-order valence-electron chi connectivity index (χ1n) is 6.93. The second-order valence-electron chi connectivity index (χ2n) is 4.85. The molecule has 3 rings (SSSR count). The zero-order valence-electron chi connectivity index (χ0n) is 12.4. The average molecular weight is 414 g/mol. The molecule has 1 aliphatic rings. The number of aldehydes is 1. The van der Waals surface area contributed by atoms with Gasteiger partial charge in [0.05, 0.1) is 17.8 Å². The van der Waals surface area contributed by atoms with Gasteiger partial charge in [-0.3, -0.25) is 4.79 Å². The van der Waals surface area contributed by atoms with Crippen molar-refractivity contribution in [2.24, 2.45) is 0 Å². The first-order valence-corrected chi connectivity index (χ1v) is 7.72. The first-order chi connectivity index (χ1) is 11.9. The van der Waals surface area contributed by atoms with Crippen molar-refractivity contribution in [1.29, 1.82) is 0 Å². The highest BCUT2D eigenvalue weighted by atomic mass is 79.9. The van der Waals surface area contributed by atoms with Crippen LogP contribution >= 0.6 is 15.9 Å². The Morgan fingerprint density at radius 1 is 1.32 bits per heavy atom. The summed E-state index contributed by atoms with van der Waals surface area (Å²) >= 11 is 3.23. The second kappa shape index (κ2) is 6.63. The van der Waals surface area contributed by atoms with Gasteiger partial charge in [0.25, 0.3) is 5.91 Å². The van der Waals surface area contributed by atoms with E-state index in [0.717, 1.165) is 0 Å². The molecule has 0 saturated carbocycles. The topological polar surface area (TPSA) is 89.6 Å². The van der Waals surface area contributed by atoms with E-state index in [9.17, 15) is 18.4 Å². The van der Waals surface area contributed by atoms with Crippen LogP contribution in [0.3, 0.4) is 0 Å². The van der Waals surface area contributed by atoms with E-state index < -0.39 is 12.2 Å². The molecule has 130 valence electrons. The number of halogens is 3. The van der Waals surface area contributed by atoms with Gasteiger partial charge in [-0.2, -0.15) is 0 Å². The van der Waals surface area contributed by atoms with Gasteiger partial charge >= 0.3 is 6.29 Å². The SMILES string of the molecule is O=CCNC(=O)c1cccnc1Nc1cc2c(cc1Br)OC(F)(F)O2. The summed E-state index contributed by atoms with van der Waals surface area (Å²) in [4.78, 5) is 26.5. The minimum Gasteiger partial charge on any atom is -0.395 e. The van der Waals surface area contributed by atoms with E-state index >= 15 is 0 Å². The highest BCUT2D eigenvalue weighted by Crippen LogP contribution is 2.45. The Balaban J connectivity index is 1.89. The molecule has 0 atom stereocenters. The van der Waals surface area contributed by atoms with Gasteiger partial charge in [0.1, 0.15) is 12.1 Å².